The normalized spacial score (nSPS) is 21.8. The van der Waals surface area contributed by atoms with Gasteiger partial charge < -0.3 is 5.11 Å². The minimum Gasteiger partial charge on any atom is -0.394 e. The largest absolute Gasteiger partial charge is 0.394 e. The summed E-state index contributed by atoms with van der Waals surface area (Å²) in [6, 6.07) is 15.6. The predicted octanol–water partition coefficient (Wildman–Crippen LogP) is 16.6. The van der Waals surface area contributed by atoms with Crippen molar-refractivity contribution in [3.8, 4) is 12.1 Å². The Hall–Kier alpha value is -3.83. The molecular weight excluding hydrogens is 888 g/mol. The van der Waals surface area contributed by atoms with E-state index < -0.39 is 23.3 Å². The van der Waals surface area contributed by atoms with Crippen molar-refractivity contribution < 1.29 is 27.1 Å². The Labute approximate surface area is 422 Å². The van der Waals surface area contributed by atoms with Crippen molar-refractivity contribution >= 4 is 0 Å². The molecule has 2 aliphatic carbocycles. The van der Waals surface area contributed by atoms with Crippen LogP contribution < -0.4 is 0 Å². The lowest BCUT2D eigenvalue weighted by atomic mass is 9.81. The van der Waals surface area contributed by atoms with Gasteiger partial charge in [-0.05, 0) is 165 Å². The van der Waals surface area contributed by atoms with Crippen LogP contribution in [0.15, 0.2) is 48.5 Å². The molecule has 4 fully saturated rings. The fraction of sp³-hybridized carbons (Fsp3) is 0.667. The number of hydrogen-bond acceptors (Lipinski definition) is 5. The Bertz CT molecular complexity index is 2060. The molecule has 4 aliphatic rings. The first kappa shape index (κ1) is 62.3. The first-order valence-corrected chi connectivity index (χ1v) is 26.5. The number of likely N-dealkylation sites (tertiary alicyclic amines) is 2. The number of benzene rings is 3. The standard InChI is InChI=1S/C11H23N.C11H22.C10H9F2N.C10H10FN.C9H10F2.C9H17NO/c1-10(2)12-9-7-5-6-8-11(12,3)4;1-9(2)11-8-6-4-5-7-10(11)3;1-6(2)10-8(11)3-7(5-13)4-9(10)12;1-7(2)10-8(6-12)4-3-5-9(10)11;1-6(2)9-7(10)4-3-5-8(9)11;1-7(2)10-4-3-8-5-9(8,10)6-11/h10H,5-9H2,1-4H3;9-11H,4-8H2,1-3H3;3-4,6H,1-2H3;3-5,7H,1-2H3;3-6H,1-2H3;7-8,11H,3-6H2,1-2H3/t;;;;;8-,9-/m.....0/s1. The SMILES string of the molecule is CC(C)C1CCCCCC1C.CC(C)N1CCCCCC1(C)C.CC(C)N1CC[C@H]2C[C@]21CO.CC(C)c1c(F)cc(C#N)cc1F.CC(C)c1c(F)cccc1C#N.CC(C)c1c(F)cccc1F. The lowest BCUT2D eigenvalue weighted by Crippen LogP contribution is -2.47. The molecule has 392 valence electrons. The Kier molecular flexibility index (Phi) is 26.4. The van der Waals surface area contributed by atoms with E-state index in [4.69, 9.17) is 10.5 Å². The third-order valence-electron chi connectivity index (χ3n) is 14.9. The molecule has 70 heavy (non-hydrogen) atoms. The number of nitriles is 2. The molecule has 2 unspecified atom stereocenters. The van der Waals surface area contributed by atoms with Crippen LogP contribution in [0.25, 0.3) is 0 Å². The van der Waals surface area contributed by atoms with Crippen LogP contribution >= 0.6 is 0 Å². The highest BCUT2D eigenvalue weighted by Gasteiger charge is 2.61. The summed E-state index contributed by atoms with van der Waals surface area (Å²) in [5.74, 6) is 0.958. The molecule has 0 bridgehead atoms. The molecule has 1 N–H and O–H groups in total. The number of fused-ring (bicyclic) bond motifs is 1. The first-order chi connectivity index (χ1) is 32.8. The van der Waals surface area contributed by atoms with Gasteiger partial charge in [0, 0.05) is 39.9 Å². The van der Waals surface area contributed by atoms with E-state index in [1.54, 1.807) is 45.9 Å². The van der Waals surface area contributed by atoms with Crippen molar-refractivity contribution in [2.75, 3.05) is 19.7 Å². The van der Waals surface area contributed by atoms with E-state index in [9.17, 15) is 27.1 Å². The number of aliphatic hydroxyl groups is 1. The van der Waals surface area contributed by atoms with E-state index in [2.05, 4.69) is 72.1 Å². The number of hydrogen-bond donors (Lipinski definition) is 1. The Morgan fingerprint density at radius 1 is 0.600 bits per heavy atom. The third kappa shape index (κ3) is 18.3. The maximum Gasteiger partial charge on any atom is 0.130 e. The summed E-state index contributed by atoms with van der Waals surface area (Å²) in [6.45, 7) is 34.6. The van der Waals surface area contributed by atoms with Crippen LogP contribution in [0, 0.1) is 75.4 Å². The van der Waals surface area contributed by atoms with Crippen molar-refractivity contribution in [2.45, 2.75) is 215 Å². The molecule has 2 saturated heterocycles. The van der Waals surface area contributed by atoms with Gasteiger partial charge in [-0.25, -0.2) is 22.0 Å². The van der Waals surface area contributed by atoms with E-state index >= 15 is 0 Å². The van der Waals surface area contributed by atoms with Crippen molar-refractivity contribution in [3.63, 3.8) is 0 Å². The predicted molar refractivity (Wildman–Crippen MR) is 280 cm³/mol. The van der Waals surface area contributed by atoms with Gasteiger partial charge in [0.1, 0.15) is 29.1 Å². The van der Waals surface area contributed by atoms with Crippen molar-refractivity contribution in [1.82, 2.24) is 9.80 Å². The van der Waals surface area contributed by atoms with Crippen LogP contribution in [0.4, 0.5) is 22.0 Å². The Morgan fingerprint density at radius 3 is 1.50 bits per heavy atom. The van der Waals surface area contributed by atoms with Gasteiger partial charge >= 0.3 is 0 Å². The molecule has 0 aromatic heterocycles. The van der Waals surface area contributed by atoms with Gasteiger partial charge in [0.2, 0.25) is 0 Å². The van der Waals surface area contributed by atoms with Crippen LogP contribution in [0.2, 0.25) is 0 Å². The van der Waals surface area contributed by atoms with Crippen LogP contribution in [-0.2, 0) is 0 Å². The average Bonchev–Trinajstić information content (AvgIpc) is 3.98. The molecule has 0 amide bonds. The molecule has 3 aromatic rings. The molecule has 5 nitrogen and oxygen atoms in total. The number of aliphatic hydroxyl groups excluding tert-OH is 1. The van der Waals surface area contributed by atoms with Gasteiger partial charge in [-0.15, -0.1) is 0 Å². The fourth-order valence-electron chi connectivity index (χ4n) is 11.1. The van der Waals surface area contributed by atoms with Gasteiger partial charge in [0.15, 0.2) is 0 Å². The zero-order valence-electron chi connectivity index (χ0n) is 45.8. The van der Waals surface area contributed by atoms with Crippen LogP contribution in [0.1, 0.15) is 220 Å². The van der Waals surface area contributed by atoms with Gasteiger partial charge in [0.05, 0.1) is 29.9 Å². The van der Waals surface area contributed by atoms with Crippen LogP contribution in [0.3, 0.4) is 0 Å². The summed E-state index contributed by atoms with van der Waals surface area (Å²) in [4.78, 5) is 5.12. The van der Waals surface area contributed by atoms with Gasteiger partial charge in [0.25, 0.3) is 0 Å². The number of piperidine rings is 1. The molecule has 10 heteroatoms. The zero-order valence-corrected chi connectivity index (χ0v) is 45.8. The fourth-order valence-corrected chi connectivity index (χ4v) is 11.1. The smallest absolute Gasteiger partial charge is 0.130 e. The maximum absolute atomic E-state index is 13.2. The van der Waals surface area contributed by atoms with E-state index in [1.165, 1.54) is 108 Å². The van der Waals surface area contributed by atoms with Crippen molar-refractivity contribution in [3.05, 3.63) is 105 Å². The number of rotatable bonds is 7. The molecule has 2 aliphatic heterocycles. The Morgan fingerprint density at radius 2 is 1.09 bits per heavy atom. The van der Waals surface area contributed by atoms with Crippen LogP contribution in [0.5, 0.6) is 0 Å². The summed E-state index contributed by atoms with van der Waals surface area (Å²) in [5.41, 5.74) is 1.84. The van der Waals surface area contributed by atoms with Gasteiger partial charge in [-0.3, -0.25) is 9.80 Å². The van der Waals surface area contributed by atoms with E-state index in [-0.39, 0.29) is 45.8 Å². The second kappa shape index (κ2) is 29.6. The molecule has 0 radical (unpaired) electrons. The second-order valence-electron chi connectivity index (χ2n) is 22.5. The average molecular weight is 979 g/mol. The molecule has 0 spiro atoms. The molecule has 7 rings (SSSR count). The zero-order chi connectivity index (χ0) is 53.1. The molecular formula is C60H91F5N4O. The molecule has 2 heterocycles. The lowest BCUT2D eigenvalue weighted by molar-refractivity contribution is 0.0874. The van der Waals surface area contributed by atoms with E-state index in [0.29, 0.717) is 35.4 Å². The summed E-state index contributed by atoms with van der Waals surface area (Å²) < 4.78 is 65.2. The minimum absolute atomic E-state index is 0.0133. The molecule has 3 aromatic carbocycles. The summed E-state index contributed by atoms with van der Waals surface area (Å²) in [7, 11) is 0. The maximum atomic E-state index is 13.2. The second-order valence-corrected chi connectivity index (χ2v) is 22.5. The summed E-state index contributed by atoms with van der Waals surface area (Å²) >= 11 is 0. The number of nitrogens with zero attached hydrogens (tertiary/aromatic N) is 4. The van der Waals surface area contributed by atoms with Crippen molar-refractivity contribution in [1.29, 1.82) is 10.5 Å². The third-order valence-corrected chi connectivity index (χ3v) is 14.9. The summed E-state index contributed by atoms with van der Waals surface area (Å²) in [6.07, 6.45) is 15.5. The van der Waals surface area contributed by atoms with Crippen LogP contribution in [-0.4, -0.2) is 57.8 Å². The van der Waals surface area contributed by atoms with E-state index in [1.807, 2.05) is 19.9 Å². The highest BCUT2D eigenvalue weighted by atomic mass is 19.1. The van der Waals surface area contributed by atoms with Crippen molar-refractivity contribution in [2.24, 2.45) is 23.7 Å². The quantitative estimate of drug-likeness (QED) is 0.189. The molecule has 2 saturated carbocycles. The highest BCUT2D eigenvalue weighted by Crippen LogP contribution is 2.55. The topological polar surface area (TPSA) is 74.3 Å². The molecule has 4 atom stereocenters. The number of halogens is 5. The highest BCUT2D eigenvalue weighted by molar-refractivity contribution is 5.40. The minimum atomic E-state index is -0.647. The monoisotopic (exact) mass is 979 g/mol. The van der Waals surface area contributed by atoms with E-state index in [0.717, 1.165) is 35.8 Å². The van der Waals surface area contributed by atoms with Gasteiger partial charge in [-0.2, -0.15) is 10.5 Å². The first-order valence-electron chi connectivity index (χ1n) is 26.5. The Balaban J connectivity index is 0.000000288. The van der Waals surface area contributed by atoms with Gasteiger partial charge in [-0.1, -0.05) is 113 Å². The lowest BCUT2D eigenvalue weighted by Gasteiger charge is -2.40. The summed E-state index contributed by atoms with van der Waals surface area (Å²) in [5, 5.41) is 26.4.